The Morgan fingerprint density at radius 1 is 1.07 bits per heavy atom. The summed E-state index contributed by atoms with van der Waals surface area (Å²) in [4.78, 5) is 14.8. The molecule has 0 spiro atoms. The Morgan fingerprint density at radius 2 is 1.67 bits per heavy atom. The minimum Gasteiger partial charge on any atom is -0.405 e. The largest absolute Gasteiger partial charge is 0.573 e. The number of Topliss-reactive ketones (excluding diaryl/α,β-unsaturated/α-hetero) is 1. The van der Waals surface area contributed by atoms with Gasteiger partial charge in [0, 0.05) is 31.6 Å². The number of carbonyl (C=O) groups is 1. The summed E-state index contributed by atoms with van der Waals surface area (Å²) in [5, 5.41) is 0. The van der Waals surface area contributed by atoms with Gasteiger partial charge in [-0.3, -0.25) is 9.69 Å². The van der Waals surface area contributed by atoms with E-state index in [1.54, 1.807) is 12.1 Å². The van der Waals surface area contributed by atoms with Crippen LogP contribution in [0.3, 0.4) is 0 Å². The van der Waals surface area contributed by atoms with Crippen molar-refractivity contribution in [2.75, 3.05) is 13.1 Å². The first-order valence-electron chi connectivity index (χ1n) is 10.1. The highest BCUT2D eigenvalue weighted by Gasteiger charge is 2.37. The maximum atomic E-state index is 12.8. The molecule has 0 unspecified atom stereocenters. The van der Waals surface area contributed by atoms with Crippen molar-refractivity contribution in [2.45, 2.75) is 51.1 Å². The van der Waals surface area contributed by atoms with Crippen LogP contribution in [0.4, 0.5) is 13.2 Å². The van der Waals surface area contributed by atoms with Crippen molar-refractivity contribution in [1.29, 1.82) is 0 Å². The van der Waals surface area contributed by atoms with Gasteiger partial charge < -0.3 is 10.5 Å². The van der Waals surface area contributed by atoms with Gasteiger partial charge in [-0.15, -0.1) is 13.2 Å². The maximum absolute atomic E-state index is 12.8. The number of para-hydroxylation sites is 1. The number of benzene rings is 2. The van der Waals surface area contributed by atoms with E-state index in [4.69, 9.17) is 5.73 Å². The number of alkyl halides is 3. The number of piperidine rings is 1. The molecule has 2 N–H and O–H groups in total. The van der Waals surface area contributed by atoms with E-state index < -0.39 is 11.9 Å². The molecule has 0 saturated carbocycles. The Hall–Kier alpha value is -2.38. The fraction of sp³-hybridized carbons (Fsp3) is 0.435. The number of nitrogens with two attached hydrogens (primary N) is 1. The number of halogens is 3. The minimum atomic E-state index is -4.73. The molecule has 1 aliphatic rings. The van der Waals surface area contributed by atoms with Gasteiger partial charge in [0.1, 0.15) is 5.75 Å². The zero-order chi connectivity index (χ0) is 21.8. The molecule has 162 valence electrons. The zero-order valence-corrected chi connectivity index (χ0v) is 17.0. The SMILES string of the molecule is CCc1ccc(CC(=O)C2(N)CCN(Cc3ccccc3OC(F)(F)F)CC2)cc1. The lowest BCUT2D eigenvalue weighted by Gasteiger charge is -2.38. The molecule has 0 radical (unpaired) electrons. The van der Waals surface area contributed by atoms with Crippen LogP contribution in [0.25, 0.3) is 0 Å². The first kappa shape index (κ1) is 22.3. The van der Waals surface area contributed by atoms with Gasteiger partial charge in [0.2, 0.25) is 0 Å². The fourth-order valence-electron chi connectivity index (χ4n) is 3.74. The van der Waals surface area contributed by atoms with Gasteiger partial charge in [0.05, 0.1) is 5.54 Å². The van der Waals surface area contributed by atoms with Crippen LogP contribution in [0.1, 0.15) is 36.5 Å². The normalized spacial score (nSPS) is 17.0. The lowest BCUT2D eigenvalue weighted by atomic mass is 9.82. The topological polar surface area (TPSA) is 55.6 Å². The lowest BCUT2D eigenvalue weighted by molar-refractivity contribution is -0.275. The van der Waals surface area contributed by atoms with Crippen molar-refractivity contribution in [3.05, 3.63) is 65.2 Å². The van der Waals surface area contributed by atoms with Crippen LogP contribution in [-0.2, 0) is 24.2 Å². The number of rotatable bonds is 7. The fourth-order valence-corrected chi connectivity index (χ4v) is 3.74. The second-order valence-electron chi connectivity index (χ2n) is 7.86. The van der Waals surface area contributed by atoms with E-state index in [2.05, 4.69) is 11.7 Å². The highest BCUT2D eigenvalue weighted by molar-refractivity contribution is 5.90. The van der Waals surface area contributed by atoms with Crippen LogP contribution in [-0.4, -0.2) is 35.7 Å². The van der Waals surface area contributed by atoms with E-state index >= 15 is 0 Å². The maximum Gasteiger partial charge on any atom is 0.573 e. The lowest BCUT2D eigenvalue weighted by Crippen LogP contribution is -2.56. The Bertz CT molecular complexity index is 857. The van der Waals surface area contributed by atoms with Crippen LogP contribution in [0.5, 0.6) is 5.75 Å². The number of likely N-dealkylation sites (tertiary alicyclic amines) is 1. The molecule has 7 heteroatoms. The van der Waals surface area contributed by atoms with Crippen LogP contribution in [0.15, 0.2) is 48.5 Å². The van der Waals surface area contributed by atoms with Crippen molar-refractivity contribution < 1.29 is 22.7 Å². The predicted octanol–water partition coefficient (Wildman–Crippen LogP) is 4.25. The first-order valence-corrected chi connectivity index (χ1v) is 10.1. The number of nitrogens with zero attached hydrogens (tertiary/aromatic N) is 1. The first-order chi connectivity index (χ1) is 14.2. The van der Waals surface area contributed by atoms with E-state index in [1.807, 2.05) is 29.2 Å². The van der Waals surface area contributed by atoms with Crippen LogP contribution >= 0.6 is 0 Å². The molecule has 2 aromatic carbocycles. The Morgan fingerprint density at radius 3 is 2.27 bits per heavy atom. The number of ketones is 1. The molecular formula is C23H27F3N2O2. The molecule has 0 aliphatic carbocycles. The number of carbonyl (C=O) groups excluding carboxylic acids is 1. The second kappa shape index (κ2) is 9.18. The van der Waals surface area contributed by atoms with E-state index in [0.717, 1.165) is 12.0 Å². The number of aryl methyl sites for hydroxylation is 1. The Balaban J connectivity index is 1.58. The summed E-state index contributed by atoms with van der Waals surface area (Å²) in [7, 11) is 0. The summed E-state index contributed by atoms with van der Waals surface area (Å²) in [6.45, 7) is 3.47. The second-order valence-corrected chi connectivity index (χ2v) is 7.86. The summed E-state index contributed by atoms with van der Waals surface area (Å²) in [6.07, 6.45) is -2.54. The Kier molecular flexibility index (Phi) is 6.83. The van der Waals surface area contributed by atoms with Crippen molar-refractivity contribution in [3.63, 3.8) is 0 Å². The van der Waals surface area contributed by atoms with Gasteiger partial charge in [0.15, 0.2) is 5.78 Å². The molecular weight excluding hydrogens is 393 g/mol. The van der Waals surface area contributed by atoms with E-state index in [0.29, 0.717) is 44.5 Å². The van der Waals surface area contributed by atoms with Crippen molar-refractivity contribution in [2.24, 2.45) is 5.73 Å². The molecule has 2 aromatic rings. The van der Waals surface area contributed by atoms with Crippen LogP contribution < -0.4 is 10.5 Å². The standard InChI is InChI=1S/C23H27F3N2O2/c1-2-17-7-9-18(10-8-17)15-21(29)22(27)11-13-28(14-12-22)16-19-5-3-4-6-20(19)30-23(24,25)26/h3-10H,2,11-16,27H2,1H3. The smallest absolute Gasteiger partial charge is 0.405 e. The van der Waals surface area contributed by atoms with Gasteiger partial charge in [-0.25, -0.2) is 0 Å². The average Bonchev–Trinajstić information content (AvgIpc) is 2.71. The predicted molar refractivity (Wildman–Crippen MR) is 109 cm³/mol. The number of hydrogen-bond donors (Lipinski definition) is 1. The van der Waals surface area contributed by atoms with Crippen LogP contribution in [0.2, 0.25) is 0 Å². The van der Waals surface area contributed by atoms with E-state index in [9.17, 15) is 18.0 Å². The molecule has 0 atom stereocenters. The molecule has 1 heterocycles. The third-order valence-electron chi connectivity index (χ3n) is 5.69. The highest BCUT2D eigenvalue weighted by Crippen LogP contribution is 2.29. The molecule has 0 aromatic heterocycles. The van der Waals surface area contributed by atoms with Gasteiger partial charge in [-0.1, -0.05) is 49.4 Å². The van der Waals surface area contributed by atoms with Crippen molar-refractivity contribution in [1.82, 2.24) is 4.90 Å². The Labute approximate surface area is 174 Å². The molecule has 0 bridgehead atoms. The highest BCUT2D eigenvalue weighted by atomic mass is 19.4. The zero-order valence-electron chi connectivity index (χ0n) is 17.0. The summed E-state index contributed by atoms with van der Waals surface area (Å²) in [5.41, 5.74) is 8.15. The molecule has 1 saturated heterocycles. The number of ether oxygens (including phenoxy) is 1. The van der Waals surface area contributed by atoms with Gasteiger partial charge in [0.25, 0.3) is 0 Å². The quantitative estimate of drug-likeness (QED) is 0.728. The molecule has 1 aliphatic heterocycles. The number of hydrogen-bond acceptors (Lipinski definition) is 4. The summed E-state index contributed by atoms with van der Waals surface area (Å²) >= 11 is 0. The molecule has 0 amide bonds. The van der Waals surface area contributed by atoms with E-state index in [1.165, 1.54) is 17.7 Å². The summed E-state index contributed by atoms with van der Waals surface area (Å²) in [6, 6.07) is 14.1. The van der Waals surface area contributed by atoms with Gasteiger partial charge >= 0.3 is 6.36 Å². The molecule has 3 rings (SSSR count). The van der Waals surface area contributed by atoms with Gasteiger partial charge in [-0.2, -0.15) is 0 Å². The molecule has 30 heavy (non-hydrogen) atoms. The minimum absolute atomic E-state index is 0.00667. The summed E-state index contributed by atoms with van der Waals surface area (Å²) < 4.78 is 42.0. The molecule has 4 nitrogen and oxygen atoms in total. The van der Waals surface area contributed by atoms with Crippen molar-refractivity contribution >= 4 is 5.78 Å². The van der Waals surface area contributed by atoms with Crippen LogP contribution in [0, 0.1) is 0 Å². The molecule has 1 fully saturated rings. The van der Waals surface area contributed by atoms with E-state index in [-0.39, 0.29) is 11.5 Å². The third-order valence-corrected chi connectivity index (χ3v) is 5.69. The summed E-state index contributed by atoms with van der Waals surface area (Å²) in [5.74, 6) is -0.187. The monoisotopic (exact) mass is 420 g/mol. The third kappa shape index (κ3) is 5.83. The average molecular weight is 420 g/mol. The van der Waals surface area contributed by atoms with Crippen molar-refractivity contribution in [3.8, 4) is 5.75 Å². The van der Waals surface area contributed by atoms with Gasteiger partial charge in [-0.05, 0) is 36.5 Å².